The third kappa shape index (κ3) is 10.9. The molecule has 0 bridgehead atoms. The predicted molar refractivity (Wildman–Crippen MR) is 140 cm³/mol. The van der Waals surface area contributed by atoms with Gasteiger partial charge in [-0.3, -0.25) is 9.59 Å². The second-order valence-corrected chi connectivity index (χ2v) is 9.06. The molecule has 4 rings (SSSR count). The number of hydrogen-bond acceptors (Lipinski definition) is 4. The number of benzene rings is 3. The van der Waals surface area contributed by atoms with Gasteiger partial charge >= 0.3 is 12.4 Å². The van der Waals surface area contributed by atoms with Crippen molar-refractivity contribution >= 4 is 52.0 Å². The van der Waals surface area contributed by atoms with Gasteiger partial charge in [-0.25, -0.2) is 0 Å². The molecule has 2 N–H and O–H groups in total. The molecule has 0 aliphatic carbocycles. The van der Waals surface area contributed by atoms with Gasteiger partial charge < -0.3 is 15.5 Å². The molecule has 3 aromatic rings. The maximum atomic E-state index is 12.6. The van der Waals surface area contributed by atoms with Crippen LogP contribution >= 0.6 is 23.2 Å². The number of carbonyl (C=O) groups excluding carboxylic acids is 2. The Balaban J connectivity index is 0.000000238. The minimum atomic E-state index is -4.42. The molecule has 1 heterocycles. The monoisotopic (exact) mass is 609 g/mol. The van der Waals surface area contributed by atoms with Gasteiger partial charge in [0.1, 0.15) is 6.54 Å². The number of carbonyl (C=O) groups is 2. The molecule has 0 fully saturated rings. The Kier molecular flexibility index (Phi) is 12.1. The molecule has 6 nitrogen and oxygen atoms in total. The van der Waals surface area contributed by atoms with Crippen LogP contribution in [0.4, 0.5) is 26.3 Å². The predicted octanol–water partition coefficient (Wildman–Crippen LogP) is 6.61. The van der Waals surface area contributed by atoms with Crippen LogP contribution in [0.3, 0.4) is 0 Å². The van der Waals surface area contributed by atoms with E-state index in [2.05, 4.69) is 9.99 Å². The van der Waals surface area contributed by atoms with Gasteiger partial charge in [-0.2, -0.15) is 26.3 Å². The van der Waals surface area contributed by atoms with Crippen LogP contribution < -0.4 is 10.6 Å². The molecule has 0 radical (unpaired) electrons. The van der Waals surface area contributed by atoms with E-state index in [4.69, 9.17) is 23.2 Å². The zero-order valence-electron chi connectivity index (χ0n) is 20.7. The van der Waals surface area contributed by atoms with Gasteiger partial charge in [0.05, 0.1) is 12.3 Å². The highest BCUT2D eigenvalue weighted by Gasteiger charge is 2.45. The van der Waals surface area contributed by atoms with Crippen LogP contribution in [-0.2, 0) is 14.4 Å². The number of oxime groups is 1. The molecule has 216 valence electrons. The van der Waals surface area contributed by atoms with E-state index in [0.29, 0.717) is 21.3 Å². The van der Waals surface area contributed by atoms with E-state index >= 15 is 0 Å². The minimum absolute atomic E-state index is 0.229. The first kappa shape index (κ1) is 32.7. The molecule has 0 saturated carbocycles. The summed E-state index contributed by atoms with van der Waals surface area (Å²) in [6.07, 6.45) is -10.6. The number of rotatable bonds is 5. The van der Waals surface area contributed by atoms with Crippen molar-refractivity contribution in [3.8, 4) is 0 Å². The fraction of sp³-hybridized carbons (Fsp3) is 0.269. The second-order valence-electron chi connectivity index (χ2n) is 8.18. The SMILES string of the molecule is Cc1ccc(C2=NOC(C(F)(F)F)C2)c2ccccc12.Clc1cccc(Cl)c1.O=CNCC(=O)NCC(F)(F)F. The first-order chi connectivity index (χ1) is 18.7. The molecular formula is C26H23Cl2F6N3O3. The van der Waals surface area contributed by atoms with Gasteiger partial charge in [-0.05, 0) is 41.5 Å². The first-order valence-corrected chi connectivity index (χ1v) is 12.2. The summed E-state index contributed by atoms with van der Waals surface area (Å²) in [5.41, 5.74) is 2.14. The zero-order chi connectivity index (χ0) is 29.9. The number of alkyl halides is 6. The lowest BCUT2D eigenvalue weighted by atomic mass is 9.95. The second kappa shape index (κ2) is 14.8. The molecule has 14 heteroatoms. The van der Waals surface area contributed by atoms with Crippen molar-refractivity contribution < 1.29 is 40.8 Å². The van der Waals surface area contributed by atoms with Crippen molar-refractivity contribution in [1.29, 1.82) is 0 Å². The number of amides is 2. The number of aryl methyl sites for hydroxylation is 1. The summed E-state index contributed by atoms with van der Waals surface area (Å²) in [5, 5.41) is 10.4. The number of halogens is 8. The number of hydrogen-bond donors (Lipinski definition) is 2. The fourth-order valence-electron chi connectivity index (χ4n) is 3.27. The van der Waals surface area contributed by atoms with E-state index in [-0.39, 0.29) is 12.8 Å². The third-order valence-electron chi connectivity index (χ3n) is 5.11. The Morgan fingerprint density at radius 1 is 1.00 bits per heavy atom. The minimum Gasteiger partial charge on any atom is -0.382 e. The van der Waals surface area contributed by atoms with E-state index < -0.39 is 37.5 Å². The molecule has 1 atom stereocenters. The Morgan fingerprint density at radius 3 is 2.12 bits per heavy atom. The summed E-state index contributed by atoms with van der Waals surface area (Å²) in [4.78, 5) is 24.5. The Bertz CT molecular complexity index is 1320. The first-order valence-electron chi connectivity index (χ1n) is 11.4. The molecule has 1 unspecified atom stereocenters. The standard InChI is InChI=1S/C15H12F3NO.C6H4Cl2.C5H7F3N2O2/c1-9-6-7-12(11-5-3-2-4-10(9)11)13-8-14(20-19-13)15(16,17)18;7-5-2-1-3-6(8)4-5;6-5(7,8)2-10-4(12)1-9-3-11/h2-7,14H,8H2,1H3;1-4H;3H,1-2H2,(H,9,11)(H,10,12). The average Bonchev–Trinajstić information content (AvgIpc) is 3.38. The summed E-state index contributed by atoms with van der Waals surface area (Å²) in [6, 6.07) is 18.4. The lowest BCUT2D eigenvalue weighted by molar-refractivity contribution is -0.212. The maximum Gasteiger partial charge on any atom is 0.428 e. The van der Waals surface area contributed by atoms with E-state index in [1.54, 1.807) is 29.6 Å². The number of fused-ring (bicyclic) bond motifs is 1. The molecule has 2 amide bonds. The van der Waals surface area contributed by atoms with Gasteiger partial charge in [0.2, 0.25) is 18.4 Å². The van der Waals surface area contributed by atoms with Gasteiger partial charge in [0.25, 0.3) is 0 Å². The molecule has 0 spiro atoms. The van der Waals surface area contributed by atoms with Crippen molar-refractivity contribution in [1.82, 2.24) is 10.6 Å². The summed E-state index contributed by atoms with van der Waals surface area (Å²) in [5.74, 6) is -0.876. The zero-order valence-corrected chi connectivity index (χ0v) is 22.3. The van der Waals surface area contributed by atoms with E-state index in [0.717, 1.165) is 16.3 Å². The van der Waals surface area contributed by atoms with Crippen LogP contribution in [0.25, 0.3) is 10.8 Å². The Morgan fingerprint density at radius 2 is 1.62 bits per heavy atom. The van der Waals surface area contributed by atoms with Crippen molar-refractivity contribution in [3.05, 3.63) is 81.8 Å². The fourth-order valence-corrected chi connectivity index (χ4v) is 3.71. The topological polar surface area (TPSA) is 79.8 Å². The van der Waals surface area contributed by atoms with Gasteiger partial charge in [-0.15, -0.1) is 0 Å². The molecule has 1 aliphatic rings. The molecule has 0 aromatic heterocycles. The summed E-state index contributed by atoms with van der Waals surface area (Å²) in [6.45, 7) is 0.142. The van der Waals surface area contributed by atoms with Crippen LogP contribution in [0.15, 0.2) is 65.8 Å². The Labute approximate surface area is 235 Å². The van der Waals surface area contributed by atoms with Gasteiger partial charge in [0, 0.05) is 22.0 Å². The van der Waals surface area contributed by atoms with Crippen LogP contribution in [0.2, 0.25) is 10.0 Å². The highest BCUT2D eigenvalue weighted by atomic mass is 35.5. The Hall–Kier alpha value is -3.51. The van der Waals surface area contributed by atoms with Crippen molar-refractivity contribution in [3.63, 3.8) is 0 Å². The van der Waals surface area contributed by atoms with Crippen LogP contribution in [-0.4, -0.2) is 49.6 Å². The van der Waals surface area contributed by atoms with E-state index in [1.165, 1.54) is 0 Å². The lowest BCUT2D eigenvalue weighted by Gasteiger charge is -2.12. The maximum absolute atomic E-state index is 12.6. The molecule has 1 aliphatic heterocycles. The van der Waals surface area contributed by atoms with Crippen molar-refractivity contribution in [2.24, 2.45) is 5.16 Å². The number of nitrogens with one attached hydrogen (secondary N) is 2. The van der Waals surface area contributed by atoms with Crippen molar-refractivity contribution in [2.45, 2.75) is 31.8 Å². The highest BCUT2D eigenvalue weighted by molar-refractivity contribution is 6.34. The van der Waals surface area contributed by atoms with E-state index in [1.807, 2.05) is 48.6 Å². The largest absolute Gasteiger partial charge is 0.428 e. The molecule has 0 saturated heterocycles. The third-order valence-corrected chi connectivity index (χ3v) is 5.58. The summed E-state index contributed by atoms with van der Waals surface area (Å²) < 4.78 is 72.2. The number of nitrogens with zero attached hydrogens (tertiary/aromatic N) is 1. The summed E-state index contributed by atoms with van der Waals surface area (Å²) in [7, 11) is 0. The summed E-state index contributed by atoms with van der Waals surface area (Å²) >= 11 is 11.1. The van der Waals surface area contributed by atoms with Crippen LogP contribution in [0.1, 0.15) is 17.5 Å². The molecule has 40 heavy (non-hydrogen) atoms. The van der Waals surface area contributed by atoms with Gasteiger partial charge in [0.15, 0.2) is 0 Å². The van der Waals surface area contributed by atoms with Crippen LogP contribution in [0, 0.1) is 6.92 Å². The van der Waals surface area contributed by atoms with Crippen LogP contribution in [0.5, 0.6) is 0 Å². The average molecular weight is 610 g/mol. The van der Waals surface area contributed by atoms with E-state index in [9.17, 15) is 35.9 Å². The molecule has 3 aromatic carbocycles. The lowest BCUT2D eigenvalue weighted by Crippen LogP contribution is -2.38. The molecular weight excluding hydrogens is 587 g/mol. The highest BCUT2D eigenvalue weighted by Crippen LogP contribution is 2.33. The quantitative estimate of drug-likeness (QED) is 0.252. The smallest absolute Gasteiger partial charge is 0.382 e. The van der Waals surface area contributed by atoms with Gasteiger partial charge in [-0.1, -0.05) is 70.8 Å². The normalized spacial score (nSPS) is 14.5. The van der Waals surface area contributed by atoms with Crippen molar-refractivity contribution in [2.75, 3.05) is 13.1 Å².